The number of rotatable bonds is 7. The van der Waals surface area contributed by atoms with Crippen molar-refractivity contribution in [3.63, 3.8) is 0 Å². The predicted octanol–water partition coefficient (Wildman–Crippen LogP) is 2.12. The Hall–Kier alpha value is 0.611. The van der Waals surface area contributed by atoms with Gasteiger partial charge < -0.3 is 4.43 Å². The minimum atomic E-state index is -0.629. The fraction of sp³-hybridized carbons (Fsp3) is 1.00. The zero-order valence-electron chi connectivity index (χ0n) is 10.7. The van der Waals surface area contributed by atoms with E-state index in [9.17, 15) is 0 Å². The van der Waals surface area contributed by atoms with Crippen molar-refractivity contribution in [2.45, 2.75) is 64.1 Å². The first-order valence-corrected chi connectivity index (χ1v) is 16.7. The molecular formula is C11H28OSi3. The van der Waals surface area contributed by atoms with Crippen LogP contribution in [0.3, 0.4) is 0 Å². The molecule has 0 aromatic rings. The SMILES string of the molecule is CCCCCCCC[Si]1(C)CCO[SiH2][SiH2]1. The highest BCUT2D eigenvalue weighted by molar-refractivity contribution is 7.42. The second kappa shape index (κ2) is 7.81. The average molecular weight is 261 g/mol. The number of unbranched alkanes of at least 4 members (excludes halogenated alkanes) is 5. The first-order chi connectivity index (χ1) is 7.27. The molecule has 0 amide bonds. The van der Waals surface area contributed by atoms with Crippen molar-refractivity contribution in [3.05, 3.63) is 0 Å². The molecule has 1 rings (SSSR count). The van der Waals surface area contributed by atoms with Gasteiger partial charge in [-0.3, -0.25) is 0 Å². The molecule has 15 heavy (non-hydrogen) atoms. The zero-order chi connectivity index (χ0) is 11.0. The standard InChI is InChI=1S/C11H28OSi3/c1-3-4-5-6-7-8-10-15(2)11-9-12-13-14-15/h3-11,13-14H2,1-2H3. The van der Waals surface area contributed by atoms with Gasteiger partial charge in [0.25, 0.3) is 0 Å². The molecule has 1 nitrogen and oxygen atoms in total. The van der Waals surface area contributed by atoms with Gasteiger partial charge in [0.1, 0.15) is 9.28 Å². The third kappa shape index (κ3) is 6.04. The van der Waals surface area contributed by atoms with E-state index in [4.69, 9.17) is 4.43 Å². The Kier molecular flexibility index (Phi) is 7.12. The maximum absolute atomic E-state index is 5.66. The maximum atomic E-state index is 5.66. The Bertz CT molecular complexity index is 158. The van der Waals surface area contributed by atoms with Crippen LogP contribution in [0.5, 0.6) is 0 Å². The van der Waals surface area contributed by atoms with Gasteiger partial charge in [0.05, 0.1) is 0 Å². The summed E-state index contributed by atoms with van der Waals surface area (Å²) in [4.78, 5) is 0. The minimum Gasteiger partial charge on any atom is -0.428 e. The van der Waals surface area contributed by atoms with Crippen LogP contribution >= 0.6 is 0 Å². The quantitative estimate of drug-likeness (QED) is 0.503. The summed E-state index contributed by atoms with van der Waals surface area (Å²) in [7, 11) is -0.234. The summed E-state index contributed by atoms with van der Waals surface area (Å²) in [5.74, 6) is 0. The van der Waals surface area contributed by atoms with Crippen LogP contribution in [0.15, 0.2) is 0 Å². The molecule has 1 unspecified atom stereocenters. The molecule has 90 valence electrons. The lowest BCUT2D eigenvalue weighted by atomic mass is 10.1. The summed E-state index contributed by atoms with van der Waals surface area (Å²) < 4.78 is 5.66. The maximum Gasteiger partial charge on any atom is 0.141 e. The molecule has 0 spiro atoms. The van der Waals surface area contributed by atoms with Crippen LogP contribution < -0.4 is 0 Å². The van der Waals surface area contributed by atoms with Crippen LogP contribution in [-0.4, -0.2) is 32.0 Å². The van der Waals surface area contributed by atoms with Crippen molar-refractivity contribution in [2.75, 3.05) is 6.61 Å². The molecule has 4 heteroatoms. The van der Waals surface area contributed by atoms with Crippen molar-refractivity contribution in [1.29, 1.82) is 0 Å². The second-order valence-corrected chi connectivity index (χ2v) is 23.7. The highest BCUT2D eigenvalue weighted by Crippen LogP contribution is 2.21. The molecule has 0 aromatic heterocycles. The summed E-state index contributed by atoms with van der Waals surface area (Å²) in [6.45, 7) is 6.13. The van der Waals surface area contributed by atoms with Crippen LogP contribution in [0.25, 0.3) is 0 Å². The fourth-order valence-corrected chi connectivity index (χ4v) is 21.7. The van der Waals surface area contributed by atoms with E-state index in [0.29, 0.717) is 8.55 Å². The van der Waals surface area contributed by atoms with E-state index in [1.54, 1.807) is 12.5 Å². The third-order valence-electron chi connectivity index (χ3n) is 3.83. The van der Waals surface area contributed by atoms with Gasteiger partial charge in [-0.15, -0.1) is 0 Å². The first-order valence-electron chi connectivity index (χ1n) is 6.85. The summed E-state index contributed by atoms with van der Waals surface area (Å²) >= 11 is 0. The monoisotopic (exact) mass is 260 g/mol. The topological polar surface area (TPSA) is 9.23 Å². The van der Waals surface area contributed by atoms with E-state index in [0.717, 1.165) is 6.61 Å². The van der Waals surface area contributed by atoms with E-state index in [1.165, 1.54) is 38.1 Å². The zero-order valence-corrected chi connectivity index (χ0v) is 14.5. The Morgan fingerprint density at radius 2 is 1.87 bits per heavy atom. The lowest BCUT2D eigenvalue weighted by molar-refractivity contribution is 0.365. The molecule has 0 N–H and O–H groups in total. The van der Waals surface area contributed by atoms with Gasteiger partial charge in [-0.1, -0.05) is 58.0 Å². The van der Waals surface area contributed by atoms with E-state index < -0.39 is 7.59 Å². The van der Waals surface area contributed by atoms with Crippen LogP contribution in [0.1, 0.15) is 45.4 Å². The average Bonchev–Trinajstić information content (AvgIpc) is 2.24. The van der Waals surface area contributed by atoms with Crippen molar-refractivity contribution in [3.8, 4) is 0 Å². The molecule has 0 bridgehead atoms. The van der Waals surface area contributed by atoms with Crippen molar-refractivity contribution >= 4 is 25.4 Å². The molecule has 1 aliphatic heterocycles. The predicted molar refractivity (Wildman–Crippen MR) is 77.6 cm³/mol. The van der Waals surface area contributed by atoms with Crippen molar-refractivity contribution in [1.82, 2.24) is 0 Å². The van der Waals surface area contributed by atoms with Gasteiger partial charge in [0.2, 0.25) is 0 Å². The van der Waals surface area contributed by atoms with Crippen LogP contribution in [0, 0.1) is 0 Å². The summed E-state index contributed by atoms with van der Waals surface area (Å²) in [5.41, 5.74) is 0. The number of hydrogen-bond donors (Lipinski definition) is 0. The van der Waals surface area contributed by atoms with E-state index >= 15 is 0 Å². The lowest BCUT2D eigenvalue weighted by Crippen LogP contribution is -2.47. The van der Waals surface area contributed by atoms with Gasteiger partial charge in [0.15, 0.2) is 0 Å². The summed E-state index contributed by atoms with van der Waals surface area (Å²) in [5, 5.41) is 0. The largest absolute Gasteiger partial charge is 0.428 e. The Labute approximate surface area is 101 Å². The van der Waals surface area contributed by atoms with Crippen LogP contribution in [0.2, 0.25) is 18.6 Å². The lowest BCUT2D eigenvalue weighted by Gasteiger charge is -2.31. The van der Waals surface area contributed by atoms with E-state index in [2.05, 4.69) is 13.5 Å². The molecule has 1 atom stereocenters. The Morgan fingerprint density at radius 3 is 2.53 bits per heavy atom. The van der Waals surface area contributed by atoms with Gasteiger partial charge in [-0.25, -0.2) is 0 Å². The molecule has 1 heterocycles. The van der Waals surface area contributed by atoms with Crippen molar-refractivity contribution in [2.24, 2.45) is 0 Å². The van der Waals surface area contributed by atoms with Gasteiger partial charge in [-0.05, 0) is 6.04 Å². The highest BCUT2D eigenvalue weighted by atomic mass is 29.6. The molecule has 1 aliphatic rings. The molecule has 1 saturated heterocycles. The summed E-state index contributed by atoms with van der Waals surface area (Å²) in [6.07, 6.45) is 8.86. The van der Waals surface area contributed by atoms with Crippen LogP contribution in [-0.2, 0) is 4.43 Å². The van der Waals surface area contributed by atoms with Crippen molar-refractivity contribution < 1.29 is 4.43 Å². The highest BCUT2D eigenvalue weighted by Gasteiger charge is 2.29. The molecule has 0 radical (unpaired) electrons. The smallest absolute Gasteiger partial charge is 0.141 e. The third-order valence-corrected chi connectivity index (χ3v) is 28.7. The first kappa shape index (κ1) is 13.7. The summed E-state index contributed by atoms with van der Waals surface area (Å²) in [6, 6.07) is 3.17. The number of hydrogen-bond acceptors (Lipinski definition) is 1. The van der Waals surface area contributed by atoms with E-state index in [1.807, 2.05) is 0 Å². The molecule has 0 saturated carbocycles. The molecule has 0 aromatic carbocycles. The van der Waals surface area contributed by atoms with Crippen LogP contribution in [0.4, 0.5) is 0 Å². The Balaban J connectivity index is 1.98. The van der Waals surface area contributed by atoms with E-state index in [-0.39, 0.29) is 9.28 Å². The molecule has 1 fully saturated rings. The minimum absolute atomic E-state index is 0.0574. The van der Waals surface area contributed by atoms with Gasteiger partial charge >= 0.3 is 0 Å². The molecular weight excluding hydrogens is 232 g/mol. The normalized spacial score (nSPS) is 30.0. The Morgan fingerprint density at radius 1 is 1.13 bits per heavy atom. The van der Waals surface area contributed by atoms with Gasteiger partial charge in [0, 0.05) is 22.8 Å². The second-order valence-electron chi connectivity index (χ2n) is 5.44. The fourth-order valence-electron chi connectivity index (χ4n) is 2.45. The van der Waals surface area contributed by atoms with Gasteiger partial charge in [-0.2, -0.15) is 0 Å². The molecule has 0 aliphatic carbocycles.